The number of likely N-dealkylation sites (tertiary alicyclic amines) is 1. The van der Waals surface area contributed by atoms with Gasteiger partial charge in [0.25, 0.3) is 0 Å². The molecule has 1 aliphatic rings. The summed E-state index contributed by atoms with van der Waals surface area (Å²) in [7, 11) is 0. The molecule has 1 aliphatic heterocycles. The highest BCUT2D eigenvalue weighted by atomic mass is 19.2. The van der Waals surface area contributed by atoms with Crippen molar-refractivity contribution in [1.29, 1.82) is 0 Å². The van der Waals surface area contributed by atoms with Crippen molar-refractivity contribution in [3.05, 3.63) is 29.6 Å². The predicted molar refractivity (Wildman–Crippen MR) is 81.4 cm³/mol. The summed E-state index contributed by atoms with van der Waals surface area (Å²) in [5.74, 6) is -4.31. The van der Waals surface area contributed by atoms with Crippen molar-refractivity contribution >= 4 is 17.6 Å². The summed E-state index contributed by atoms with van der Waals surface area (Å²) in [6, 6.07) is 1.69. The summed E-state index contributed by atoms with van der Waals surface area (Å²) in [6.07, 6.45) is 2.13. The molecule has 1 unspecified atom stereocenters. The Bertz CT molecular complexity index is 621. The first-order valence-electron chi connectivity index (χ1n) is 7.36. The van der Waals surface area contributed by atoms with E-state index in [1.54, 1.807) is 0 Å². The van der Waals surface area contributed by atoms with Crippen molar-refractivity contribution < 1.29 is 18.0 Å². The van der Waals surface area contributed by atoms with E-state index in [0.29, 0.717) is 5.92 Å². The Morgan fingerprint density at radius 2 is 2.13 bits per heavy atom. The van der Waals surface area contributed by atoms with Crippen LogP contribution in [-0.2, 0) is 4.79 Å². The maximum atomic E-state index is 13.5. The van der Waals surface area contributed by atoms with E-state index in [9.17, 15) is 18.0 Å². The molecule has 0 spiro atoms. The number of nitrogens with zero attached hydrogens (tertiary/aromatic N) is 2. The van der Waals surface area contributed by atoms with Crippen LogP contribution < -0.4 is 11.1 Å². The van der Waals surface area contributed by atoms with Crippen molar-refractivity contribution in [2.75, 3.05) is 25.0 Å². The van der Waals surface area contributed by atoms with Gasteiger partial charge in [0.15, 0.2) is 23.4 Å². The Labute approximate surface area is 132 Å². The third kappa shape index (κ3) is 4.37. The van der Waals surface area contributed by atoms with Crippen LogP contribution in [0.5, 0.6) is 0 Å². The lowest BCUT2D eigenvalue weighted by atomic mass is 10.0. The van der Waals surface area contributed by atoms with Gasteiger partial charge < -0.3 is 16.0 Å². The van der Waals surface area contributed by atoms with Crippen LogP contribution in [-0.4, -0.2) is 36.4 Å². The van der Waals surface area contributed by atoms with E-state index in [1.807, 2.05) is 4.90 Å². The molecule has 1 aromatic rings. The zero-order valence-electron chi connectivity index (χ0n) is 12.8. The van der Waals surface area contributed by atoms with Crippen LogP contribution in [0.1, 0.15) is 19.8 Å². The van der Waals surface area contributed by atoms with E-state index in [-0.39, 0.29) is 12.5 Å². The topological polar surface area (TPSA) is 70.7 Å². The third-order valence-electron chi connectivity index (χ3n) is 3.67. The highest BCUT2D eigenvalue weighted by Crippen LogP contribution is 2.19. The van der Waals surface area contributed by atoms with Crippen molar-refractivity contribution in [1.82, 2.24) is 4.90 Å². The molecule has 2 rings (SSSR count). The summed E-state index contributed by atoms with van der Waals surface area (Å²) in [5.41, 5.74) is 5.40. The predicted octanol–water partition coefficient (Wildman–Crippen LogP) is 2.09. The highest BCUT2D eigenvalue weighted by molar-refractivity contribution is 5.94. The molecule has 5 nitrogen and oxygen atoms in total. The zero-order chi connectivity index (χ0) is 17.0. The molecule has 1 amide bonds. The number of nitrogens with one attached hydrogen (secondary N) is 1. The van der Waals surface area contributed by atoms with Crippen molar-refractivity contribution in [2.45, 2.75) is 19.8 Å². The standard InChI is InChI=1S/C15H19F3N4O/c1-9-3-2-6-22(8-9)15(19)20-7-12(23)21-11-5-4-10(16)13(17)14(11)18/h4-5,9H,2-3,6-8H2,1H3,(H2,19,20)(H,21,23). The van der Waals surface area contributed by atoms with Crippen LogP contribution in [0.25, 0.3) is 0 Å². The van der Waals surface area contributed by atoms with E-state index in [2.05, 4.69) is 17.2 Å². The Balaban J connectivity index is 1.94. The smallest absolute Gasteiger partial charge is 0.246 e. The number of nitrogens with two attached hydrogens (primary N) is 1. The summed E-state index contributed by atoms with van der Waals surface area (Å²) in [6.45, 7) is 3.33. The Hall–Kier alpha value is -2.25. The fourth-order valence-corrected chi connectivity index (χ4v) is 2.46. The average molecular weight is 328 g/mol. The fraction of sp³-hybridized carbons (Fsp3) is 0.467. The van der Waals surface area contributed by atoms with Crippen LogP contribution >= 0.6 is 0 Å². The van der Waals surface area contributed by atoms with Crippen LogP contribution in [0.15, 0.2) is 17.1 Å². The Morgan fingerprint density at radius 3 is 2.83 bits per heavy atom. The molecule has 1 fully saturated rings. The van der Waals surface area contributed by atoms with Crippen LogP contribution in [0.3, 0.4) is 0 Å². The van der Waals surface area contributed by atoms with Crippen molar-refractivity contribution in [3.8, 4) is 0 Å². The van der Waals surface area contributed by atoms with Gasteiger partial charge in [-0.25, -0.2) is 18.2 Å². The number of hydrogen-bond acceptors (Lipinski definition) is 2. The lowest BCUT2D eigenvalue weighted by molar-refractivity contribution is -0.114. The minimum Gasteiger partial charge on any atom is -0.370 e. The highest BCUT2D eigenvalue weighted by Gasteiger charge is 2.18. The molecule has 0 radical (unpaired) electrons. The molecule has 0 aromatic heterocycles. The first-order chi connectivity index (χ1) is 10.9. The SMILES string of the molecule is CC1CCCN(C(N)=NCC(=O)Nc2ccc(F)c(F)c2F)C1. The van der Waals surface area contributed by atoms with Gasteiger partial charge in [-0.05, 0) is 30.9 Å². The first kappa shape index (κ1) is 17.1. The third-order valence-corrected chi connectivity index (χ3v) is 3.67. The number of anilines is 1. The van der Waals surface area contributed by atoms with E-state index < -0.39 is 29.0 Å². The molecule has 8 heteroatoms. The Morgan fingerprint density at radius 1 is 1.39 bits per heavy atom. The fourth-order valence-electron chi connectivity index (χ4n) is 2.46. The minimum absolute atomic E-state index is 0.248. The molecule has 1 heterocycles. The van der Waals surface area contributed by atoms with E-state index in [4.69, 9.17) is 5.73 Å². The molecular weight excluding hydrogens is 309 g/mol. The lowest BCUT2D eigenvalue weighted by Crippen LogP contribution is -2.43. The largest absolute Gasteiger partial charge is 0.370 e. The van der Waals surface area contributed by atoms with Crippen molar-refractivity contribution in [3.63, 3.8) is 0 Å². The number of benzene rings is 1. The van der Waals surface area contributed by atoms with E-state index >= 15 is 0 Å². The normalized spacial score (nSPS) is 18.9. The molecule has 1 atom stereocenters. The summed E-state index contributed by atoms with van der Waals surface area (Å²) >= 11 is 0. The minimum atomic E-state index is -1.63. The number of carbonyl (C=O) groups excluding carboxylic acids is 1. The molecular formula is C15H19F3N4O. The molecule has 3 N–H and O–H groups in total. The van der Waals surface area contributed by atoms with Gasteiger partial charge in [-0.15, -0.1) is 0 Å². The number of hydrogen-bond donors (Lipinski definition) is 2. The van der Waals surface area contributed by atoms with E-state index in [1.165, 1.54) is 0 Å². The molecule has 0 bridgehead atoms. The Kier molecular flexibility index (Phi) is 5.46. The number of amides is 1. The monoisotopic (exact) mass is 328 g/mol. The maximum Gasteiger partial charge on any atom is 0.246 e. The van der Waals surface area contributed by atoms with Gasteiger partial charge in [0.05, 0.1) is 5.69 Å². The van der Waals surface area contributed by atoms with Gasteiger partial charge >= 0.3 is 0 Å². The van der Waals surface area contributed by atoms with Crippen LogP contribution in [0.4, 0.5) is 18.9 Å². The van der Waals surface area contributed by atoms with Gasteiger partial charge in [-0.3, -0.25) is 4.79 Å². The van der Waals surface area contributed by atoms with Gasteiger partial charge in [0, 0.05) is 13.1 Å². The lowest BCUT2D eigenvalue weighted by Gasteiger charge is -2.31. The van der Waals surface area contributed by atoms with E-state index in [0.717, 1.165) is 38.1 Å². The average Bonchev–Trinajstić information content (AvgIpc) is 2.53. The molecule has 0 aliphatic carbocycles. The maximum absolute atomic E-state index is 13.5. The van der Waals surface area contributed by atoms with Crippen molar-refractivity contribution in [2.24, 2.45) is 16.6 Å². The van der Waals surface area contributed by atoms with Crippen LogP contribution in [0, 0.1) is 23.4 Å². The second-order valence-electron chi connectivity index (χ2n) is 5.64. The first-order valence-corrected chi connectivity index (χ1v) is 7.36. The number of halogens is 3. The van der Waals surface area contributed by atoms with Gasteiger partial charge in [0.2, 0.25) is 5.91 Å². The number of piperidine rings is 1. The molecule has 23 heavy (non-hydrogen) atoms. The van der Waals surface area contributed by atoms with Crippen LogP contribution in [0.2, 0.25) is 0 Å². The second kappa shape index (κ2) is 7.34. The quantitative estimate of drug-likeness (QED) is 0.507. The zero-order valence-corrected chi connectivity index (χ0v) is 12.8. The summed E-state index contributed by atoms with van der Waals surface area (Å²) < 4.78 is 39.4. The molecule has 1 aromatic carbocycles. The number of aliphatic imine (C=N–C) groups is 1. The van der Waals surface area contributed by atoms with Gasteiger partial charge in [-0.1, -0.05) is 6.92 Å². The van der Waals surface area contributed by atoms with Gasteiger partial charge in [-0.2, -0.15) is 0 Å². The summed E-state index contributed by atoms with van der Waals surface area (Å²) in [4.78, 5) is 17.6. The van der Waals surface area contributed by atoms with Gasteiger partial charge in [0.1, 0.15) is 6.54 Å². The number of carbonyl (C=O) groups is 1. The second-order valence-corrected chi connectivity index (χ2v) is 5.64. The number of rotatable bonds is 3. The molecule has 0 saturated carbocycles. The summed E-state index contributed by atoms with van der Waals surface area (Å²) in [5, 5.41) is 2.14. The number of guanidine groups is 1. The molecule has 126 valence electrons. The molecule has 1 saturated heterocycles.